The van der Waals surface area contributed by atoms with E-state index in [1.54, 1.807) is 7.11 Å². The number of fused-ring (bicyclic) bond motifs is 1. The zero-order valence-electron chi connectivity index (χ0n) is 17.5. The van der Waals surface area contributed by atoms with E-state index in [1.807, 2.05) is 43.3 Å². The molecule has 1 aromatic rings. The van der Waals surface area contributed by atoms with Gasteiger partial charge in [-0.05, 0) is 44.6 Å². The molecule has 0 unspecified atom stereocenters. The average molecular weight is 402 g/mol. The van der Waals surface area contributed by atoms with E-state index < -0.39 is 0 Å². The molecular formula is C22H31N3O4. The minimum absolute atomic E-state index is 0.00744. The van der Waals surface area contributed by atoms with Gasteiger partial charge in [-0.25, -0.2) is 0 Å². The molecule has 7 heteroatoms. The molecule has 1 N–H and O–H groups in total. The van der Waals surface area contributed by atoms with Crippen molar-refractivity contribution in [2.75, 3.05) is 34.3 Å². The lowest BCUT2D eigenvalue weighted by molar-refractivity contribution is -0.140. The SMILES string of the molecule is COc1cccc([C@H](CNC(=O)CCN2C(=O)[C@H]3CCCC[C@@H]3C2=O)N(C)C)c1. The van der Waals surface area contributed by atoms with Crippen LogP contribution < -0.4 is 10.1 Å². The van der Waals surface area contributed by atoms with Crippen LogP contribution in [0.4, 0.5) is 0 Å². The Balaban J connectivity index is 1.53. The molecule has 0 bridgehead atoms. The van der Waals surface area contributed by atoms with E-state index in [2.05, 4.69) is 5.32 Å². The lowest BCUT2D eigenvalue weighted by Crippen LogP contribution is -2.38. The van der Waals surface area contributed by atoms with Gasteiger partial charge in [0.2, 0.25) is 17.7 Å². The highest BCUT2D eigenvalue weighted by Gasteiger charge is 2.47. The van der Waals surface area contributed by atoms with Crippen LogP contribution in [0.15, 0.2) is 24.3 Å². The predicted octanol–water partition coefficient (Wildman–Crippen LogP) is 1.98. The highest BCUT2D eigenvalue weighted by molar-refractivity contribution is 6.05. The Labute approximate surface area is 172 Å². The third-order valence-electron chi connectivity index (χ3n) is 6.09. The number of methoxy groups -OCH3 is 1. The minimum atomic E-state index is -0.162. The van der Waals surface area contributed by atoms with Gasteiger partial charge in [0.25, 0.3) is 0 Å². The van der Waals surface area contributed by atoms with E-state index in [4.69, 9.17) is 4.74 Å². The van der Waals surface area contributed by atoms with Crippen molar-refractivity contribution in [1.29, 1.82) is 0 Å². The van der Waals surface area contributed by atoms with Crippen molar-refractivity contribution in [3.8, 4) is 5.75 Å². The lowest BCUT2D eigenvalue weighted by Gasteiger charge is -2.25. The van der Waals surface area contributed by atoms with Gasteiger partial charge in [-0.2, -0.15) is 0 Å². The molecule has 158 valence electrons. The first-order valence-corrected chi connectivity index (χ1v) is 10.3. The molecule has 29 heavy (non-hydrogen) atoms. The molecule has 7 nitrogen and oxygen atoms in total. The number of ether oxygens (including phenoxy) is 1. The van der Waals surface area contributed by atoms with Crippen molar-refractivity contribution in [3.63, 3.8) is 0 Å². The van der Waals surface area contributed by atoms with Crippen LogP contribution in [0.3, 0.4) is 0 Å². The Morgan fingerprint density at radius 3 is 2.45 bits per heavy atom. The van der Waals surface area contributed by atoms with Gasteiger partial charge >= 0.3 is 0 Å². The number of likely N-dealkylation sites (tertiary alicyclic amines) is 1. The summed E-state index contributed by atoms with van der Waals surface area (Å²) < 4.78 is 5.29. The number of hydrogen-bond donors (Lipinski definition) is 1. The molecule has 1 saturated heterocycles. The van der Waals surface area contributed by atoms with Crippen molar-refractivity contribution in [2.24, 2.45) is 11.8 Å². The molecule has 1 saturated carbocycles. The average Bonchev–Trinajstić information content (AvgIpc) is 2.97. The maximum atomic E-state index is 12.5. The number of nitrogens with zero attached hydrogens (tertiary/aromatic N) is 2. The summed E-state index contributed by atoms with van der Waals surface area (Å²) in [5.41, 5.74) is 1.05. The van der Waals surface area contributed by atoms with Crippen molar-refractivity contribution < 1.29 is 19.1 Å². The standard InChI is InChI=1S/C22H31N3O4/c1-24(2)19(15-7-6-8-16(13-15)29-3)14-23-20(26)11-12-25-21(27)17-9-4-5-10-18(17)22(25)28/h6-8,13,17-19H,4-5,9-12,14H2,1-3H3,(H,23,26)/t17-,18-,19-/m0/s1. The molecule has 3 atom stereocenters. The van der Waals surface area contributed by atoms with Crippen molar-refractivity contribution in [3.05, 3.63) is 29.8 Å². The third kappa shape index (κ3) is 4.78. The molecule has 0 aromatic heterocycles. The lowest BCUT2D eigenvalue weighted by atomic mass is 9.81. The first-order valence-electron chi connectivity index (χ1n) is 10.3. The predicted molar refractivity (Wildman–Crippen MR) is 109 cm³/mol. The fourth-order valence-corrected chi connectivity index (χ4v) is 4.41. The molecule has 3 amide bonds. The number of imide groups is 1. The maximum Gasteiger partial charge on any atom is 0.233 e. The zero-order chi connectivity index (χ0) is 21.0. The summed E-state index contributed by atoms with van der Waals surface area (Å²) in [4.78, 5) is 40.8. The third-order valence-corrected chi connectivity index (χ3v) is 6.09. The Morgan fingerprint density at radius 1 is 1.21 bits per heavy atom. The molecule has 1 aliphatic carbocycles. The molecule has 3 rings (SSSR count). The molecule has 1 aromatic carbocycles. The van der Waals surface area contributed by atoms with Crippen LogP contribution in [0.5, 0.6) is 5.75 Å². The number of nitrogens with one attached hydrogen (secondary N) is 1. The highest BCUT2D eigenvalue weighted by atomic mass is 16.5. The van der Waals surface area contributed by atoms with Crippen LogP contribution in [0.2, 0.25) is 0 Å². The second kappa shape index (κ2) is 9.39. The number of carbonyl (C=O) groups is 3. The normalized spacial score (nSPS) is 22.6. The van der Waals surface area contributed by atoms with Crippen LogP contribution in [-0.4, -0.2) is 61.8 Å². The summed E-state index contributed by atoms with van der Waals surface area (Å²) in [6.07, 6.45) is 3.73. The number of amides is 3. The van der Waals surface area contributed by atoms with Gasteiger partial charge in [0.1, 0.15) is 5.75 Å². The van der Waals surface area contributed by atoms with Gasteiger partial charge in [-0.3, -0.25) is 19.3 Å². The van der Waals surface area contributed by atoms with Gasteiger partial charge < -0.3 is 15.0 Å². The molecule has 1 aliphatic heterocycles. The number of likely N-dealkylation sites (N-methyl/N-ethyl adjacent to an activating group) is 1. The van der Waals surface area contributed by atoms with E-state index in [0.717, 1.165) is 37.0 Å². The van der Waals surface area contributed by atoms with Crippen LogP contribution >= 0.6 is 0 Å². The Hall–Kier alpha value is -2.41. The van der Waals surface area contributed by atoms with E-state index >= 15 is 0 Å². The largest absolute Gasteiger partial charge is 0.497 e. The van der Waals surface area contributed by atoms with Gasteiger partial charge in [-0.15, -0.1) is 0 Å². The van der Waals surface area contributed by atoms with Gasteiger partial charge in [0, 0.05) is 19.5 Å². The van der Waals surface area contributed by atoms with Crippen LogP contribution in [-0.2, 0) is 14.4 Å². The zero-order valence-corrected chi connectivity index (χ0v) is 17.5. The summed E-state index contributed by atoms with van der Waals surface area (Å²) in [5, 5.41) is 2.95. The fraction of sp³-hybridized carbons (Fsp3) is 0.591. The summed E-state index contributed by atoms with van der Waals surface area (Å²) in [6.45, 7) is 0.606. The quantitative estimate of drug-likeness (QED) is 0.674. The van der Waals surface area contributed by atoms with Gasteiger partial charge in [-0.1, -0.05) is 25.0 Å². The number of rotatable bonds is 8. The van der Waals surface area contributed by atoms with Gasteiger partial charge in [0.05, 0.1) is 25.0 Å². The second-order valence-corrected chi connectivity index (χ2v) is 8.14. The highest BCUT2D eigenvalue weighted by Crippen LogP contribution is 2.37. The van der Waals surface area contributed by atoms with E-state index in [-0.39, 0.29) is 48.6 Å². The van der Waals surface area contributed by atoms with E-state index in [0.29, 0.717) is 6.54 Å². The summed E-state index contributed by atoms with van der Waals surface area (Å²) in [5.74, 6) is 0.115. The van der Waals surface area contributed by atoms with Crippen molar-refractivity contribution >= 4 is 17.7 Å². The molecule has 1 heterocycles. The molecule has 0 radical (unpaired) electrons. The first kappa shape index (κ1) is 21.3. The van der Waals surface area contributed by atoms with E-state index in [9.17, 15) is 14.4 Å². The topological polar surface area (TPSA) is 79.0 Å². The van der Waals surface area contributed by atoms with Crippen LogP contribution in [0.1, 0.15) is 43.7 Å². The first-order chi connectivity index (χ1) is 13.9. The fourth-order valence-electron chi connectivity index (χ4n) is 4.41. The Kier molecular flexibility index (Phi) is 6.90. The summed E-state index contributed by atoms with van der Waals surface area (Å²) in [6, 6.07) is 7.77. The number of hydrogen-bond acceptors (Lipinski definition) is 5. The summed E-state index contributed by atoms with van der Waals surface area (Å²) >= 11 is 0. The molecule has 2 fully saturated rings. The Morgan fingerprint density at radius 2 is 1.86 bits per heavy atom. The molecule has 0 spiro atoms. The number of carbonyl (C=O) groups excluding carboxylic acids is 3. The van der Waals surface area contributed by atoms with Crippen LogP contribution in [0, 0.1) is 11.8 Å². The van der Waals surface area contributed by atoms with Crippen molar-refractivity contribution in [2.45, 2.75) is 38.1 Å². The monoisotopic (exact) mass is 401 g/mol. The van der Waals surface area contributed by atoms with Crippen LogP contribution in [0.25, 0.3) is 0 Å². The minimum Gasteiger partial charge on any atom is -0.497 e. The van der Waals surface area contributed by atoms with Crippen molar-refractivity contribution in [1.82, 2.24) is 15.1 Å². The maximum absolute atomic E-state index is 12.5. The molecular weight excluding hydrogens is 370 g/mol. The Bertz CT molecular complexity index is 740. The van der Waals surface area contributed by atoms with E-state index in [1.165, 1.54) is 4.90 Å². The second-order valence-electron chi connectivity index (χ2n) is 8.14. The number of benzene rings is 1. The van der Waals surface area contributed by atoms with Gasteiger partial charge in [0.15, 0.2) is 0 Å². The molecule has 2 aliphatic rings. The summed E-state index contributed by atoms with van der Waals surface area (Å²) in [7, 11) is 5.54. The smallest absolute Gasteiger partial charge is 0.233 e.